The van der Waals surface area contributed by atoms with Crippen molar-refractivity contribution in [2.24, 2.45) is 5.92 Å². The van der Waals surface area contributed by atoms with Crippen LogP contribution in [0.1, 0.15) is 70.2 Å². The van der Waals surface area contributed by atoms with Gasteiger partial charge in [0.2, 0.25) is 5.91 Å². The topological polar surface area (TPSA) is 61.4 Å². The van der Waals surface area contributed by atoms with Crippen molar-refractivity contribution < 1.29 is 9.59 Å². The summed E-state index contributed by atoms with van der Waals surface area (Å²) in [6.07, 6.45) is 4.91. The van der Waals surface area contributed by atoms with Gasteiger partial charge >= 0.3 is 0 Å². The van der Waals surface area contributed by atoms with Crippen LogP contribution in [0, 0.1) is 5.92 Å². The Labute approximate surface area is 157 Å². The summed E-state index contributed by atoms with van der Waals surface area (Å²) in [4.78, 5) is 27.2. The van der Waals surface area contributed by atoms with Gasteiger partial charge in [-0.1, -0.05) is 20.8 Å². The van der Waals surface area contributed by atoms with Crippen molar-refractivity contribution in [3.63, 3.8) is 0 Å². The van der Waals surface area contributed by atoms with Crippen molar-refractivity contribution in [1.82, 2.24) is 5.32 Å². The SMILES string of the molecule is CCC(C)NC(=O)c1cc(NC(=O)CC(C)C)ccc1N1CCCCC1. The Morgan fingerprint density at radius 2 is 1.81 bits per heavy atom. The molecule has 1 aromatic rings. The van der Waals surface area contributed by atoms with E-state index in [4.69, 9.17) is 0 Å². The summed E-state index contributed by atoms with van der Waals surface area (Å²) >= 11 is 0. The molecular formula is C21H33N3O2. The van der Waals surface area contributed by atoms with Gasteiger partial charge in [-0.15, -0.1) is 0 Å². The molecule has 1 aromatic carbocycles. The minimum absolute atomic E-state index is 0.0148. The molecule has 2 N–H and O–H groups in total. The zero-order chi connectivity index (χ0) is 19.1. The second-order valence-corrected chi connectivity index (χ2v) is 7.71. The highest BCUT2D eigenvalue weighted by atomic mass is 16.2. The van der Waals surface area contributed by atoms with E-state index < -0.39 is 0 Å². The molecule has 2 rings (SSSR count). The molecule has 0 spiro atoms. The van der Waals surface area contributed by atoms with Crippen LogP contribution in [0.2, 0.25) is 0 Å². The fourth-order valence-corrected chi connectivity index (χ4v) is 3.19. The maximum absolute atomic E-state index is 12.8. The van der Waals surface area contributed by atoms with Crippen LogP contribution in [0.15, 0.2) is 18.2 Å². The van der Waals surface area contributed by atoms with Gasteiger partial charge in [-0.05, 0) is 56.7 Å². The Bertz CT molecular complexity index is 622. The van der Waals surface area contributed by atoms with E-state index in [0.29, 0.717) is 23.6 Å². The van der Waals surface area contributed by atoms with Gasteiger partial charge in [0.15, 0.2) is 0 Å². The van der Waals surface area contributed by atoms with E-state index in [2.05, 4.69) is 22.5 Å². The summed E-state index contributed by atoms with van der Waals surface area (Å²) < 4.78 is 0. The normalized spacial score (nSPS) is 15.7. The highest BCUT2D eigenvalue weighted by Gasteiger charge is 2.20. The summed E-state index contributed by atoms with van der Waals surface area (Å²) in [7, 11) is 0. The molecular weight excluding hydrogens is 326 g/mol. The van der Waals surface area contributed by atoms with Crippen LogP contribution in [0.5, 0.6) is 0 Å². The molecule has 0 bridgehead atoms. The van der Waals surface area contributed by atoms with Gasteiger partial charge in [0.25, 0.3) is 5.91 Å². The number of nitrogens with zero attached hydrogens (tertiary/aromatic N) is 1. The standard InChI is InChI=1S/C21H33N3O2/c1-5-16(4)22-21(26)18-14-17(23-20(25)13-15(2)3)9-10-19(18)24-11-7-6-8-12-24/h9-10,14-16H,5-8,11-13H2,1-4H3,(H,22,26)(H,23,25). The van der Waals surface area contributed by atoms with E-state index >= 15 is 0 Å². The van der Waals surface area contributed by atoms with Crippen molar-refractivity contribution in [3.8, 4) is 0 Å². The quantitative estimate of drug-likeness (QED) is 0.767. The molecule has 0 radical (unpaired) electrons. The second kappa shape index (κ2) is 9.60. The second-order valence-electron chi connectivity index (χ2n) is 7.71. The first-order valence-electron chi connectivity index (χ1n) is 9.90. The third-order valence-corrected chi connectivity index (χ3v) is 4.81. The maximum Gasteiger partial charge on any atom is 0.253 e. The Hall–Kier alpha value is -2.04. The fourth-order valence-electron chi connectivity index (χ4n) is 3.19. The third kappa shape index (κ3) is 5.75. The van der Waals surface area contributed by atoms with Crippen LogP contribution < -0.4 is 15.5 Å². The van der Waals surface area contributed by atoms with Gasteiger partial charge in [0.05, 0.1) is 5.56 Å². The van der Waals surface area contributed by atoms with Crippen LogP contribution in [-0.4, -0.2) is 30.9 Å². The van der Waals surface area contributed by atoms with E-state index in [1.165, 1.54) is 6.42 Å². The van der Waals surface area contributed by atoms with Gasteiger partial charge in [0, 0.05) is 36.9 Å². The molecule has 1 aliphatic heterocycles. The van der Waals surface area contributed by atoms with Crippen molar-refractivity contribution in [2.45, 2.75) is 65.8 Å². The van der Waals surface area contributed by atoms with Gasteiger partial charge in [0.1, 0.15) is 0 Å². The Kier molecular flexibility index (Phi) is 7.49. The fraction of sp³-hybridized carbons (Fsp3) is 0.619. The van der Waals surface area contributed by atoms with Crippen LogP contribution in [0.4, 0.5) is 11.4 Å². The number of nitrogens with one attached hydrogen (secondary N) is 2. The lowest BCUT2D eigenvalue weighted by Crippen LogP contribution is -2.35. The highest BCUT2D eigenvalue weighted by molar-refractivity contribution is 6.02. The maximum atomic E-state index is 12.8. The molecule has 1 fully saturated rings. The molecule has 1 atom stereocenters. The third-order valence-electron chi connectivity index (χ3n) is 4.81. The van der Waals surface area contributed by atoms with E-state index in [0.717, 1.165) is 38.0 Å². The first kappa shape index (κ1) is 20.3. The van der Waals surface area contributed by atoms with Gasteiger partial charge in [-0.25, -0.2) is 0 Å². The van der Waals surface area contributed by atoms with Crippen LogP contribution in [0.25, 0.3) is 0 Å². The van der Waals surface area contributed by atoms with E-state index in [1.807, 2.05) is 39.0 Å². The zero-order valence-corrected chi connectivity index (χ0v) is 16.6. The number of anilines is 2. The van der Waals surface area contributed by atoms with Gasteiger partial charge in [-0.2, -0.15) is 0 Å². The lowest BCUT2D eigenvalue weighted by molar-refractivity contribution is -0.116. The average Bonchev–Trinajstić information content (AvgIpc) is 2.61. The molecule has 1 unspecified atom stereocenters. The smallest absolute Gasteiger partial charge is 0.253 e. The zero-order valence-electron chi connectivity index (χ0n) is 16.6. The number of rotatable bonds is 7. The summed E-state index contributed by atoms with van der Waals surface area (Å²) in [5.41, 5.74) is 2.30. The van der Waals surface area contributed by atoms with Crippen LogP contribution in [-0.2, 0) is 4.79 Å². The number of carbonyl (C=O) groups is 2. The molecule has 1 heterocycles. The monoisotopic (exact) mass is 359 g/mol. The number of hydrogen-bond donors (Lipinski definition) is 2. The molecule has 5 heteroatoms. The molecule has 0 saturated carbocycles. The molecule has 5 nitrogen and oxygen atoms in total. The molecule has 144 valence electrons. The number of benzene rings is 1. The Balaban J connectivity index is 2.26. The summed E-state index contributed by atoms with van der Waals surface area (Å²) in [5, 5.41) is 5.99. The molecule has 1 saturated heterocycles. The molecule has 2 amide bonds. The predicted molar refractivity (Wildman–Crippen MR) is 108 cm³/mol. The summed E-state index contributed by atoms with van der Waals surface area (Å²) in [5.74, 6) is 0.217. The first-order chi connectivity index (χ1) is 12.4. The van der Waals surface area contributed by atoms with E-state index in [9.17, 15) is 9.59 Å². The molecule has 1 aliphatic rings. The minimum atomic E-state index is -0.0696. The van der Waals surface area contributed by atoms with E-state index in [-0.39, 0.29) is 17.9 Å². The Morgan fingerprint density at radius 3 is 2.42 bits per heavy atom. The van der Waals surface area contributed by atoms with Crippen LogP contribution in [0.3, 0.4) is 0 Å². The molecule has 0 aromatic heterocycles. The number of hydrogen-bond acceptors (Lipinski definition) is 3. The lowest BCUT2D eigenvalue weighted by atomic mass is 10.0. The Morgan fingerprint density at radius 1 is 1.12 bits per heavy atom. The van der Waals surface area contributed by atoms with Crippen molar-refractivity contribution >= 4 is 23.2 Å². The van der Waals surface area contributed by atoms with Crippen molar-refractivity contribution in [2.75, 3.05) is 23.3 Å². The number of amides is 2. The minimum Gasteiger partial charge on any atom is -0.371 e. The van der Waals surface area contributed by atoms with Gasteiger partial charge in [-0.3, -0.25) is 9.59 Å². The van der Waals surface area contributed by atoms with Crippen LogP contribution >= 0.6 is 0 Å². The van der Waals surface area contributed by atoms with Crippen molar-refractivity contribution in [3.05, 3.63) is 23.8 Å². The highest BCUT2D eigenvalue weighted by Crippen LogP contribution is 2.27. The van der Waals surface area contributed by atoms with E-state index in [1.54, 1.807) is 0 Å². The molecule has 0 aliphatic carbocycles. The summed E-state index contributed by atoms with van der Waals surface area (Å²) in [6.45, 7) is 10.0. The van der Waals surface area contributed by atoms with Gasteiger partial charge < -0.3 is 15.5 Å². The average molecular weight is 360 g/mol. The number of carbonyl (C=O) groups excluding carboxylic acids is 2. The molecule has 26 heavy (non-hydrogen) atoms. The lowest BCUT2D eigenvalue weighted by Gasteiger charge is -2.31. The largest absolute Gasteiger partial charge is 0.371 e. The number of piperidine rings is 1. The summed E-state index contributed by atoms with van der Waals surface area (Å²) in [6, 6.07) is 5.82. The predicted octanol–water partition coefficient (Wildman–Crippen LogP) is 4.19. The first-order valence-corrected chi connectivity index (χ1v) is 9.90. The van der Waals surface area contributed by atoms with Crippen molar-refractivity contribution in [1.29, 1.82) is 0 Å².